The molecule has 1 saturated heterocycles. The van der Waals surface area contributed by atoms with Crippen molar-refractivity contribution in [2.24, 2.45) is 5.92 Å². The Hall–Kier alpha value is -3.24. The van der Waals surface area contributed by atoms with Crippen LogP contribution in [0.2, 0.25) is 0 Å². The number of nitrogens with zero attached hydrogens (tertiary/aromatic N) is 2. The van der Waals surface area contributed by atoms with Gasteiger partial charge in [-0.1, -0.05) is 19.1 Å². The van der Waals surface area contributed by atoms with Crippen LogP contribution in [0.15, 0.2) is 65.0 Å². The van der Waals surface area contributed by atoms with Crippen molar-refractivity contribution in [1.82, 2.24) is 4.98 Å². The lowest BCUT2D eigenvalue weighted by Crippen LogP contribution is -2.28. The largest absolute Gasteiger partial charge is 0.326 e. The number of hydrogen-bond donors (Lipinski definition) is 2. The molecule has 1 fully saturated rings. The molecule has 2 aromatic carbocycles. The lowest BCUT2D eigenvalue weighted by molar-refractivity contribution is -0.122. The summed E-state index contributed by atoms with van der Waals surface area (Å²) in [6.07, 6.45) is 2.56. The molecule has 0 unspecified atom stereocenters. The zero-order valence-corrected chi connectivity index (χ0v) is 18.9. The fourth-order valence-electron chi connectivity index (χ4n) is 3.45. The standard InChI is InChI=1S/C22H22N4O4S2/c1-2-15-3-7-18(8-4-15)26-14-16(13-20(26)27)21(28)24-17-5-9-19(10-6-17)32(29,30)25-22-23-11-12-31-22/h3-12,16H,2,13-14H2,1H3,(H,23,25)(H,24,28)/t16-/m0/s1. The smallest absolute Gasteiger partial charge is 0.263 e. The molecule has 1 aromatic heterocycles. The summed E-state index contributed by atoms with van der Waals surface area (Å²) < 4.78 is 27.2. The highest BCUT2D eigenvalue weighted by Gasteiger charge is 2.35. The van der Waals surface area contributed by atoms with E-state index < -0.39 is 15.9 Å². The van der Waals surface area contributed by atoms with Crippen LogP contribution in [0.5, 0.6) is 0 Å². The molecule has 2 heterocycles. The van der Waals surface area contributed by atoms with Crippen molar-refractivity contribution < 1.29 is 18.0 Å². The molecule has 1 aliphatic heterocycles. The summed E-state index contributed by atoms with van der Waals surface area (Å²) in [7, 11) is -3.76. The van der Waals surface area contributed by atoms with E-state index in [1.54, 1.807) is 10.3 Å². The predicted molar refractivity (Wildman–Crippen MR) is 124 cm³/mol. The number of amides is 2. The molecular weight excluding hydrogens is 448 g/mol. The van der Waals surface area contributed by atoms with E-state index in [0.717, 1.165) is 12.1 Å². The maximum absolute atomic E-state index is 12.7. The molecule has 8 nitrogen and oxygen atoms in total. The lowest BCUT2D eigenvalue weighted by Gasteiger charge is -2.17. The summed E-state index contributed by atoms with van der Waals surface area (Å²) in [6.45, 7) is 2.37. The second-order valence-electron chi connectivity index (χ2n) is 7.38. The second kappa shape index (κ2) is 9.09. The first-order valence-electron chi connectivity index (χ1n) is 10.1. The molecule has 0 radical (unpaired) electrons. The van der Waals surface area contributed by atoms with Crippen molar-refractivity contribution in [2.45, 2.75) is 24.7 Å². The maximum Gasteiger partial charge on any atom is 0.263 e. The van der Waals surface area contributed by atoms with Gasteiger partial charge in [0.05, 0.1) is 10.8 Å². The third kappa shape index (κ3) is 4.81. The Labute approximate surface area is 190 Å². The number of thiazole rings is 1. The average molecular weight is 471 g/mol. The SMILES string of the molecule is CCc1ccc(N2C[C@@H](C(=O)Nc3ccc(S(=O)(=O)Nc4nccs4)cc3)CC2=O)cc1. The number of hydrogen-bond acceptors (Lipinski definition) is 6. The fraction of sp³-hybridized carbons (Fsp3) is 0.227. The van der Waals surface area contributed by atoms with E-state index in [0.29, 0.717) is 12.2 Å². The highest BCUT2D eigenvalue weighted by Crippen LogP contribution is 2.27. The van der Waals surface area contributed by atoms with Gasteiger partial charge in [0, 0.05) is 35.9 Å². The van der Waals surface area contributed by atoms with Gasteiger partial charge in [-0.2, -0.15) is 0 Å². The monoisotopic (exact) mass is 470 g/mol. The first-order chi connectivity index (χ1) is 15.4. The predicted octanol–water partition coefficient (Wildman–Crippen LogP) is 3.50. The van der Waals surface area contributed by atoms with E-state index >= 15 is 0 Å². The van der Waals surface area contributed by atoms with Gasteiger partial charge < -0.3 is 10.2 Å². The molecule has 1 atom stereocenters. The Morgan fingerprint density at radius 1 is 1.16 bits per heavy atom. The molecule has 166 valence electrons. The molecule has 2 amide bonds. The first-order valence-corrected chi connectivity index (χ1v) is 12.4. The van der Waals surface area contributed by atoms with E-state index in [9.17, 15) is 18.0 Å². The van der Waals surface area contributed by atoms with E-state index in [-0.39, 0.29) is 28.3 Å². The van der Waals surface area contributed by atoms with Crippen molar-refractivity contribution in [2.75, 3.05) is 21.5 Å². The third-order valence-corrected chi connectivity index (χ3v) is 7.41. The Balaban J connectivity index is 1.39. The summed E-state index contributed by atoms with van der Waals surface area (Å²) in [5, 5.41) is 4.73. The second-order valence-corrected chi connectivity index (χ2v) is 9.96. The molecule has 3 aromatic rings. The van der Waals surface area contributed by atoms with E-state index in [2.05, 4.69) is 21.9 Å². The normalized spacial score (nSPS) is 16.2. The van der Waals surface area contributed by atoms with Crippen LogP contribution in [-0.2, 0) is 26.0 Å². The summed E-state index contributed by atoms with van der Waals surface area (Å²) >= 11 is 1.18. The number of benzene rings is 2. The van der Waals surface area contributed by atoms with Crippen LogP contribution in [0.1, 0.15) is 18.9 Å². The van der Waals surface area contributed by atoms with Gasteiger partial charge in [-0.3, -0.25) is 14.3 Å². The van der Waals surface area contributed by atoms with E-state index in [1.807, 2.05) is 24.3 Å². The first kappa shape index (κ1) is 22.0. The fourth-order valence-corrected chi connectivity index (χ4v) is 5.24. The van der Waals surface area contributed by atoms with Crippen molar-refractivity contribution >= 4 is 49.7 Å². The molecule has 2 N–H and O–H groups in total. The molecular formula is C22H22N4O4S2. The van der Waals surface area contributed by atoms with Crippen molar-refractivity contribution in [3.05, 3.63) is 65.7 Å². The number of carbonyl (C=O) groups excluding carboxylic acids is 2. The maximum atomic E-state index is 12.7. The van der Waals surface area contributed by atoms with Gasteiger partial charge in [-0.25, -0.2) is 13.4 Å². The highest BCUT2D eigenvalue weighted by molar-refractivity contribution is 7.93. The van der Waals surface area contributed by atoms with Crippen molar-refractivity contribution in [3.63, 3.8) is 0 Å². The van der Waals surface area contributed by atoms with Gasteiger partial charge in [0.15, 0.2) is 5.13 Å². The molecule has 0 aliphatic carbocycles. The number of nitrogens with one attached hydrogen (secondary N) is 2. The minimum Gasteiger partial charge on any atom is -0.326 e. The Bertz CT molecular complexity index is 1210. The van der Waals surface area contributed by atoms with Gasteiger partial charge >= 0.3 is 0 Å². The van der Waals surface area contributed by atoms with Crippen LogP contribution in [0.3, 0.4) is 0 Å². The summed E-state index contributed by atoms with van der Waals surface area (Å²) in [5.74, 6) is -0.852. The van der Waals surface area contributed by atoms with Gasteiger partial charge in [0.1, 0.15) is 0 Å². The van der Waals surface area contributed by atoms with Crippen LogP contribution in [0, 0.1) is 5.92 Å². The molecule has 1 aliphatic rings. The van der Waals surface area contributed by atoms with Gasteiger partial charge in [-0.05, 0) is 48.4 Å². The van der Waals surface area contributed by atoms with Crippen LogP contribution in [0.25, 0.3) is 0 Å². The number of aromatic nitrogens is 1. The summed E-state index contributed by atoms with van der Waals surface area (Å²) in [4.78, 5) is 30.8. The van der Waals surface area contributed by atoms with Crippen molar-refractivity contribution in [1.29, 1.82) is 0 Å². The van der Waals surface area contributed by atoms with E-state index in [1.165, 1.54) is 47.4 Å². The number of carbonyl (C=O) groups is 2. The molecule has 10 heteroatoms. The van der Waals surface area contributed by atoms with Crippen LogP contribution in [0.4, 0.5) is 16.5 Å². The topological polar surface area (TPSA) is 108 Å². The van der Waals surface area contributed by atoms with Crippen molar-refractivity contribution in [3.8, 4) is 0 Å². The molecule has 0 bridgehead atoms. The van der Waals surface area contributed by atoms with Crippen LogP contribution < -0.4 is 14.9 Å². The quantitative estimate of drug-likeness (QED) is 0.549. The Morgan fingerprint density at radius 2 is 1.88 bits per heavy atom. The minimum atomic E-state index is -3.76. The zero-order chi connectivity index (χ0) is 22.7. The third-order valence-electron chi connectivity index (χ3n) is 5.24. The Kier molecular flexibility index (Phi) is 6.24. The molecule has 4 rings (SSSR count). The number of sulfonamides is 1. The minimum absolute atomic E-state index is 0.0587. The number of anilines is 3. The average Bonchev–Trinajstić information content (AvgIpc) is 3.43. The van der Waals surface area contributed by atoms with Crippen LogP contribution >= 0.6 is 11.3 Å². The zero-order valence-electron chi connectivity index (χ0n) is 17.3. The lowest BCUT2D eigenvalue weighted by atomic mass is 10.1. The van der Waals surface area contributed by atoms with Gasteiger partial charge in [-0.15, -0.1) is 11.3 Å². The summed E-state index contributed by atoms with van der Waals surface area (Å²) in [5.41, 5.74) is 2.42. The Morgan fingerprint density at radius 3 is 2.50 bits per heavy atom. The number of aryl methyl sites for hydroxylation is 1. The number of rotatable bonds is 7. The van der Waals surface area contributed by atoms with Crippen LogP contribution in [-0.4, -0.2) is 31.8 Å². The summed E-state index contributed by atoms with van der Waals surface area (Å²) in [6, 6.07) is 13.6. The molecule has 0 spiro atoms. The highest BCUT2D eigenvalue weighted by atomic mass is 32.2. The molecule has 0 saturated carbocycles. The van der Waals surface area contributed by atoms with Gasteiger partial charge in [0.25, 0.3) is 10.0 Å². The van der Waals surface area contributed by atoms with E-state index in [4.69, 9.17) is 0 Å². The molecule has 32 heavy (non-hydrogen) atoms. The van der Waals surface area contributed by atoms with Gasteiger partial charge in [0.2, 0.25) is 11.8 Å².